The molecule has 1 atom stereocenters. The van der Waals surface area contributed by atoms with Crippen LogP contribution >= 0.6 is 0 Å². The molecule has 0 aromatic rings. The predicted octanol–water partition coefficient (Wildman–Crippen LogP) is 12.4. The zero-order valence-electron chi connectivity index (χ0n) is 28.3. The molecule has 1 N–H and O–H groups in total. The molecule has 0 aromatic heterocycles. The van der Waals surface area contributed by atoms with Gasteiger partial charge in [0.15, 0.2) is 0 Å². The van der Waals surface area contributed by atoms with Gasteiger partial charge in [-0.25, -0.2) is 0 Å². The fourth-order valence-electron chi connectivity index (χ4n) is 5.04. The van der Waals surface area contributed by atoms with E-state index in [0.29, 0.717) is 6.42 Å². The Hall–Kier alpha value is -2.10. The van der Waals surface area contributed by atoms with E-state index in [1.54, 1.807) is 0 Å². The highest BCUT2D eigenvalue weighted by molar-refractivity contribution is 5.69. The van der Waals surface area contributed by atoms with Crippen LogP contribution in [0.1, 0.15) is 181 Å². The summed E-state index contributed by atoms with van der Waals surface area (Å²) in [5.41, 5.74) is 0. The number of hydrogen-bond donors (Lipinski definition) is 1. The maximum Gasteiger partial charge on any atom is 0.306 e. The van der Waals surface area contributed by atoms with Crippen LogP contribution in [0.15, 0.2) is 48.6 Å². The van der Waals surface area contributed by atoms with Crippen LogP contribution in [0.5, 0.6) is 0 Å². The van der Waals surface area contributed by atoms with Crippen molar-refractivity contribution < 1.29 is 19.4 Å². The van der Waals surface area contributed by atoms with Crippen LogP contribution in [0.2, 0.25) is 0 Å². The molecule has 0 saturated heterocycles. The van der Waals surface area contributed by atoms with E-state index in [1.807, 2.05) is 0 Å². The molecule has 0 amide bonds. The van der Waals surface area contributed by atoms with Crippen LogP contribution in [0.25, 0.3) is 0 Å². The predicted molar refractivity (Wildman–Crippen MR) is 185 cm³/mol. The smallest absolute Gasteiger partial charge is 0.306 e. The maximum atomic E-state index is 12.6. The van der Waals surface area contributed by atoms with E-state index >= 15 is 0 Å². The van der Waals surface area contributed by atoms with Crippen LogP contribution in [0, 0.1) is 0 Å². The number of carboxylic acid groups (broad SMARTS) is 1. The molecule has 0 radical (unpaired) electrons. The van der Waals surface area contributed by atoms with Crippen LogP contribution in [-0.2, 0) is 14.3 Å². The third-order valence-electron chi connectivity index (χ3n) is 7.76. The van der Waals surface area contributed by atoms with Gasteiger partial charge < -0.3 is 9.84 Å². The van der Waals surface area contributed by atoms with Crippen molar-refractivity contribution in [2.24, 2.45) is 0 Å². The zero-order valence-corrected chi connectivity index (χ0v) is 28.3. The van der Waals surface area contributed by atoms with Crippen LogP contribution in [0.4, 0.5) is 0 Å². The standard InChI is InChI=1S/C39H68O4/c1-3-5-7-9-11-13-14-15-16-17-18-19-20-22-28-32-36-39(42)43-37(33-29-25-21-12-10-8-6-4-2)34-30-26-23-24-27-31-35-38(40)41/h12-14,16-17,21,29,33,37H,3-11,15,18-20,22-28,30-32,34-36H2,1-2H3,(H,40,41)/b14-13-,17-16-,21-12-,33-29-. The zero-order chi connectivity index (χ0) is 31.5. The Kier molecular flexibility index (Phi) is 32.7. The van der Waals surface area contributed by atoms with Gasteiger partial charge in [0.05, 0.1) is 0 Å². The van der Waals surface area contributed by atoms with Gasteiger partial charge in [-0.1, -0.05) is 133 Å². The van der Waals surface area contributed by atoms with E-state index in [2.05, 4.69) is 62.5 Å². The summed E-state index contributed by atoms with van der Waals surface area (Å²) in [6, 6.07) is 0. The number of ether oxygens (including phenoxy) is 1. The Balaban J connectivity index is 4.12. The van der Waals surface area contributed by atoms with Crippen LogP contribution in [-0.4, -0.2) is 23.1 Å². The first-order valence-electron chi connectivity index (χ1n) is 18.1. The topological polar surface area (TPSA) is 63.6 Å². The number of carbonyl (C=O) groups excluding carboxylic acids is 1. The average Bonchev–Trinajstić information content (AvgIpc) is 2.99. The second-order valence-electron chi connectivity index (χ2n) is 12.0. The number of carbonyl (C=O) groups is 2. The summed E-state index contributed by atoms with van der Waals surface area (Å²) < 4.78 is 5.88. The maximum absolute atomic E-state index is 12.6. The quantitative estimate of drug-likeness (QED) is 0.0474. The fourth-order valence-corrected chi connectivity index (χ4v) is 5.04. The molecule has 1 unspecified atom stereocenters. The van der Waals surface area contributed by atoms with E-state index in [9.17, 15) is 9.59 Å². The van der Waals surface area contributed by atoms with Gasteiger partial charge in [-0.15, -0.1) is 0 Å². The third-order valence-corrected chi connectivity index (χ3v) is 7.76. The van der Waals surface area contributed by atoms with Crippen LogP contribution in [0.3, 0.4) is 0 Å². The summed E-state index contributed by atoms with van der Waals surface area (Å²) in [4.78, 5) is 23.2. The van der Waals surface area contributed by atoms with Gasteiger partial charge in [-0.3, -0.25) is 9.59 Å². The van der Waals surface area contributed by atoms with Gasteiger partial charge in [0.2, 0.25) is 0 Å². The van der Waals surface area contributed by atoms with E-state index < -0.39 is 5.97 Å². The molecule has 0 bridgehead atoms. The molecule has 0 rings (SSSR count). The normalized spacial score (nSPS) is 12.8. The van der Waals surface area contributed by atoms with Gasteiger partial charge in [0.1, 0.15) is 6.10 Å². The molecule has 0 heterocycles. The van der Waals surface area contributed by atoms with Crippen molar-refractivity contribution in [2.75, 3.05) is 0 Å². The van der Waals surface area contributed by atoms with Crippen LogP contribution < -0.4 is 0 Å². The summed E-state index contributed by atoms with van der Waals surface area (Å²) in [6.07, 6.45) is 45.6. The van der Waals surface area contributed by atoms with Gasteiger partial charge in [-0.05, 0) is 83.1 Å². The Morgan fingerprint density at radius 1 is 0.535 bits per heavy atom. The second-order valence-corrected chi connectivity index (χ2v) is 12.0. The van der Waals surface area contributed by atoms with E-state index in [1.165, 1.54) is 70.6 Å². The summed E-state index contributed by atoms with van der Waals surface area (Å²) in [5, 5.41) is 8.75. The molecule has 43 heavy (non-hydrogen) atoms. The number of rotatable bonds is 32. The first-order chi connectivity index (χ1) is 21.1. The SMILES string of the molecule is CCCCC/C=C\C/C=C\C(CCCCCCCCC(=O)O)OC(=O)CCCCCCC/C=C\C/C=C\CCCCCC. The van der Waals surface area contributed by atoms with E-state index in [-0.39, 0.29) is 18.5 Å². The largest absolute Gasteiger partial charge is 0.481 e. The van der Waals surface area contributed by atoms with Gasteiger partial charge in [0.25, 0.3) is 0 Å². The van der Waals surface area contributed by atoms with E-state index in [4.69, 9.17) is 9.84 Å². The molecular formula is C39H68O4. The molecule has 0 aromatic carbocycles. The van der Waals surface area contributed by atoms with Crippen molar-refractivity contribution in [1.82, 2.24) is 0 Å². The minimum absolute atomic E-state index is 0.0696. The first-order valence-corrected chi connectivity index (χ1v) is 18.1. The third kappa shape index (κ3) is 34.3. The minimum atomic E-state index is -0.706. The fraction of sp³-hybridized carbons (Fsp3) is 0.744. The molecule has 0 saturated carbocycles. The molecule has 0 aliphatic heterocycles. The summed E-state index contributed by atoms with van der Waals surface area (Å²) >= 11 is 0. The van der Waals surface area contributed by atoms with Crippen molar-refractivity contribution in [2.45, 2.75) is 187 Å². The van der Waals surface area contributed by atoms with Crippen molar-refractivity contribution in [3.05, 3.63) is 48.6 Å². The summed E-state index contributed by atoms with van der Waals surface area (Å²) in [5.74, 6) is -0.776. The Morgan fingerprint density at radius 3 is 1.56 bits per heavy atom. The van der Waals surface area contributed by atoms with Crippen molar-refractivity contribution in [3.8, 4) is 0 Å². The number of hydrogen-bond acceptors (Lipinski definition) is 3. The molecule has 248 valence electrons. The number of carboxylic acids is 1. The second kappa shape index (κ2) is 34.4. The highest BCUT2D eigenvalue weighted by Crippen LogP contribution is 2.15. The van der Waals surface area contributed by atoms with Crippen molar-refractivity contribution >= 4 is 11.9 Å². The Morgan fingerprint density at radius 2 is 0.977 bits per heavy atom. The van der Waals surface area contributed by atoms with E-state index in [0.717, 1.165) is 83.5 Å². The Labute approximate surface area is 266 Å². The summed E-state index contributed by atoms with van der Waals surface area (Å²) in [7, 11) is 0. The highest BCUT2D eigenvalue weighted by atomic mass is 16.5. The number of aliphatic carboxylic acids is 1. The van der Waals surface area contributed by atoms with Gasteiger partial charge in [-0.2, -0.15) is 0 Å². The first kappa shape index (κ1) is 40.9. The highest BCUT2D eigenvalue weighted by Gasteiger charge is 2.11. The average molecular weight is 601 g/mol. The number of unbranched alkanes of at least 4 members (excludes halogenated alkanes) is 17. The van der Waals surface area contributed by atoms with Gasteiger partial charge >= 0.3 is 11.9 Å². The number of esters is 1. The molecular weight excluding hydrogens is 532 g/mol. The summed E-state index contributed by atoms with van der Waals surface area (Å²) in [6.45, 7) is 4.48. The molecule has 0 fully saturated rings. The molecule has 4 heteroatoms. The molecule has 0 spiro atoms. The molecule has 0 aliphatic carbocycles. The lowest BCUT2D eigenvalue weighted by Gasteiger charge is -2.14. The van der Waals surface area contributed by atoms with Gasteiger partial charge in [0, 0.05) is 12.8 Å². The lowest BCUT2D eigenvalue weighted by Crippen LogP contribution is -2.16. The lowest BCUT2D eigenvalue weighted by molar-refractivity contribution is -0.147. The van der Waals surface area contributed by atoms with Crippen molar-refractivity contribution in [1.29, 1.82) is 0 Å². The Bertz CT molecular complexity index is 734. The molecule has 0 aliphatic rings. The monoisotopic (exact) mass is 601 g/mol. The number of allylic oxidation sites excluding steroid dienone is 7. The minimum Gasteiger partial charge on any atom is -0.481 e. The molecule has 4 nitrogen and oxygen atoms in total. The van der Waals surface area contributed by atoms with Crippen molar-refractivity contribution in [3.63, 3.8) is 0 Å². The lowest BCUT2D eigenvalue weighted by atomic mass is 10.1.